The Morgan fingerprint density at radius 2 is 2.10 bits per heavy atom. The van der Waals surface area contributed by atoms with Gasteiger partial charge in [0.05, 0.1) is 28.7 Å². The number of methoxy groups -OCH3 is 1. The number of carboxylic acid groups (broad SMARTS) is 1. The van der Waals surface area contributed by atoms with Crippen molar-refractivity contribution in [2.24, 2.45) is 0 Å². The summed E-state index contributed by atoms with van der Waals surface area (Å²) >= 11 is 0. The molecule has 2 rings (SSSR count). The van der Waals surface area contributed by atoms with Crippen molar-refractivity contribution < 1.29 is 14.6 Å². The molecule has 0 spiro atoms. The first-order valence-corrected chi connectivity index (χ1v) is 7.03. The first-order chi connectivity index (χ1) is 9.79. The number of ether oxygens (including phenoxy) is 1. The van der Waals surface area contributed by atoms with Crippen LogP contribution in [-0.4, -0.2) is 34.3 Å². The van der Waals surface area contributed by atoms with Crippen molar-refractivity contribution in [1.29, 1.82) is 0 Å². The van der Waals surface area contributed by atoms with Gasteiger partial charge in [-0.25, -0.2) is 9.78 Å². The molecule has 0 aliphatic heterocycles. The van der Waals surface area contributed by atoms with Gasteiger partial charge in [-0.15, -0.1) is 0 Å². The van der Waals surface area contributed by atoms with E-state index in [2.05, 4.69) is 18.8 Å². The van der Waals surface area contributed by atoms with Gasteiger partial charge in [0, 0.05) is 13.0 Å². The number of aromatic nitrogens is 2. The van der Waals surface area contributed by atoms with Gasteiger partial charge in [0.25, 0.3) is 0 Å². The maximum Gasteiger partial charge on any atom is 0.337 e. The lowest BCUT2D eigenvalue weighted by molar-refractivity contribution is 0.0697. The topological polar surface area (TPSA) is 64.4 Å². The zero-order chi connectivity index (χ0) is 15.8. The average Bonchev–Trinajstić information content (AvgIpc) is 2.78. The molecule has 1 N–H and O–H groups in total. The summed E-state index contributed by atoms with van der Waals surface area (Å²) in [5, 5.41) is 9.48. The van der Waals surface area contributed by atoms with Crippen LogP contribution in [0.2, 0.25) is 0 Å². The van der Waals surface area contributed by atoms with Crippen LogP contribution in [0.4, 0.5) is 0 Å². The molecule has 114 valence electrons. The Morgan fingerprint density at radius 1 is 1.43 bits per heavy atom. The number of hydrogen-bond acceptors (Lipinski definition) is 3. The summed E-state index contributed by atoms with van der Waals surface area (Å²) in [5.74, 6) is 0.126. The number of carboxylic acids is 1. The molecule has 0 unspecified atom stereocenters. The quantitative estimate of drug-likeness (QED) is 0.918. The van der Waals surface area contributed by atoms with Crippen molar-refractivity contribution in [3.8, 4) is 0 Å². The Kier molecular flexibility index (Phi) is 4.05. The van der Waals surface area contributed by atoms with Gasteiger partial charge >= 0.3 is 5.97 Å². The monoisotopic (exact) mass is 290 g/mol. The lowest BCUT2D eigenvalue weighted by atomic mass is 10.0. The van der Waals surface area contributed by atoms with E-state index in [0.29, 0.717) is 17.6 Å². The average molecular weight is 290 g/mol. The molecule has 2 aromatic rings. The van der Waals surface area contributed by atoms with Crippen LogP contribution in [-0.2, 0) is 10.3 Å². The summed E-state index contributed by atoms with van der Waals surface area (Å²) in [6.45, 7) is 8.65. The highest BCUT2D eigenvalue weighted by Gasteiger charge is 2.29. The minimum atomic E-state index is -0.940. The van der Waals surface area contributed by atoms with Crippen LogP contribution in [0.1, 0.15) is 49.8 Å². The predicted octanol–water partition coefficient (Wildman–Crippen LogP) is 3.24. The van der Waals surface area contributed by atoms with Crippen LogP contribution in [0.5, 0.6) is 0 Å². The van der Waals surface area contributed by atoms with E-state index in [0.717, 1.165) is 5.82 Å². The molecule has 1 aromatic carbocycles. The Morgan fingerprint density at radius 3 is 2.62 bits per heavy atom. The third kappa shape index (κ3) is 2.65. The molecule has 0 fully saturated rings. The van der Waals surface area contributed by atoms with E-state index < -0.39 is 5.97 Å². The summed E-state index contributed by atoms with van der Waals surface area (Å²) in [6, 6.07) is 5.21. The van der Waals surface area contributed by atoms with Gasteiger partial charge in [-0.05, 0) is 26.0 Å². The van der Waals surface area contributed by atoms with Crippen molar-refractivity contribution in [2.45, 2.75) is 39.2 Å². The minimum absolute atomic E-state index is 0.190. The van der Waals surface area contributed by atoms with Crippen LogP contribution in [0.3, 0.4) is 0 Å². The number of fused-ring (bicyclic) bond motifs is 1. The smallest absolute Gasteiger partial charge is 0.337 e. The van der Waals surface area contributed by atoms with E-state index in [4.69, 9.17) is 4.74 Å². The van der Waals surface area contributed by atoms with E-state index in [-0.39, 0.29) is 17.0 Å². The number of carbonyl (C=O) groups is 1. The lowest BCUT2D eigenvalue weighted by Gasteiger charge is -2.30. The number of imidazole rings is 1. The van der Waals surface area contributed by atoms with Crippen molar-refractivity contribution in [3.05, 3.63) is 29.6 Å². The molecule has 0 aliphatic rings. The largest absolute Gasteiger partial charge is 0.478 e. The van der Waals surface area contributed by atoms with Crippen molar-refractivity contribution >= 4 is 17.0 Å². The zero-order valence-electron chi connectivity index (χ0n) is 13.2. The van der Waals surface area contributed by atoms with Gasteiger partial charge in [-0.1, -0.05) is 19.9 Å². The maximum absolute atomic E-state index is 11.6. The van der Waals surface area contributed by atoms with Crippen molar-refractivity contribution in [3.63, 3.8) is 0 Å². The summed E-state index contributed by atoms with van der Waals surface area (Å²) in [4.78, 5) is 16.2. The third-order valence-corrected chi connectivity index (χ3v) is 3.55. The summed E-state index contributed by atoms with van der Waals surface area (Å²) in [6.07, 6.45) is 0. The molecule has 21 heavy (non-hydrogen) atoms. The molecule has 0 saturated heterocycles. The fourth-order valence-electron chi connectivity index (χ4n) is 2.73. The lowest BCUT2D eigenvalue weighted by Crippen LogP contribution is -2.33. The van der Waals surface area contributed by atoms with Crippen molar-refractivity contribution in [1.82, 2.24) is 9.55 Å². The third-order valence-electron chi connectivity index (χ3n) is 3.55. The highest BCUT2D eigenvalue weighted by molar-refractivity contribution is 6.01. The Bertz CT molecular complexity index is 671. The van der Waals surface area contributed by atoms with Crippen LogP contribution in [0.15, 0.2) is 18.2 Å². The van der Waals surface area contributed by atoms with Gasteiger partial charge in [-0.3, -0.25) is 0 Å². The summed E-state index contributed by atoms with van der Waals surface area (Å²) < 4.78 is 7.33. The zero-order valence-corrected chi connectivity index (χ0v) is 13.2. The molecule has 0 amide bonds. The second-order valence-electron chi connectivity index (χ2n) is 6.18. The van der Waals surface area contributed by atoms with Gasteiger partial charge in [0.15, 0.2) is 0 Å². The first-order valence-electron chi connectivity index (χ1n) is 7.03. The van der Waals surface area contributed by atoms with Crippen LogP contribution in [0.25, 0.3) is 11.0 Å². The number of nitrogens with zero attached hydrogens (tertiary/aromatic N) is 2. The summed E-state index contributed by atoms with van der Waals surface area (Å²) in [7, 11) is 1.65. The molecule has 0 atom stereocenters. The highest BCUT2D eigenvalue weighted by Crippen LogP contribution is 2.31. The molecule has 5 heteroatoms. The SMILES string of the molecule is COCC(C)(C)n1c(C(C)C)nc2cccc(C(=O)O)c21. The standard InChI is InChI=1S/C16H22N2O3/c1-10(2)14-17-12-8-6-7-11(15(19)20)13(12)18(14)16(3,4)9-21-5/h6-8,10H,9H2,1-5H3,(H,19,20). The number of para-hydroxylation sites is 1. The van der Waals surface area contributed by atoms with E-state index in [9.17, 15) is 9.90 Å². The molecule has 1 heterocycles. The van der Waals surface area contributed by atoms with Crippen LogP contribution >= 0.6 is 0 Å². The number of hydrogen-bond donors (Lipinski definition) is 1. The Hall–Kier alpha value is -1.88. The second-order valence-corrected chi connectivity index (χ2v) is 6.18. The molecule has 5 nitrogen and oxygen atoms in total. The molecule has 0 bridgehead atoms. The predicted molar refractivity (Wildman–Crippen MR) is 82.0 cm³/mol. The fourth-order valence-corrected chi connectivity index (χ4v) is 2.73. The number of aromatic carboxylic acids is 1. The Labute approximate surface area is 124 Å². The van der Waals surface area contributed by atoms with Gasteiger partial charge in [0.1, 0.15) is 5.82 Å². The number of benzene rings is 1. The molecule has 0 saturated carbocycles. The molecular formula is C16H22N2O3. The summed E-state index contributed by atoms with van der Waals surface area (Å²) in [5.41, 5.74) is 1.27. The minimum Gasteiger partial charge on any atom is -0.478 e. The molecule has 0 radical (unpaired) electrons. The van der Waals surface area contributed by atoms with E-state index in [1.165, 1.54) is 0 Å². The Balaban J connectivity index is 2.87. The fraction of sp³-hybridized carbons (Fsp3) is 0.500. The van der Waals surface area contributed by atoms with Crippen LogP contribution in [0, 0.1) is 0 Å². The van der Waals surface area contributed by atoms with E-state index in [1.54, 1.807) is 19.2 Å². The number of rotatable bonds is 5. The first kappa shape index (κ1) is 15.5. The molecule has 0 aliphatic carbocycles. The van der Waals surface area contributed by atoms with Crippen molar-refractivity contribution in [2.75, 3.05) is 13.7 Å². The maximum atomic E-state index is 11.6. The molecule has 1 aromatic heterocycles. The van der Waals surface area contributed by atoms with Crippen LogP contribution < -0.4 is 0 Å². The van der Waals surface area contributed by atoms with Gasteiger partial charge in [-0.2, -0.15) is 0 Å². The van der Waals surface area contributed by atoms with Gasteiger partial charge in [0.2, 0.25) is 0 Å². The van der Waals surface area contributed by atoms with E-state index in [1.807, 2.05) is 24.5 Å². The highest BCUT2D eigenvalue weighted by atomic mass is 16.5. The van der Waals surface area contributed by atoms with Gasteiger partial charge < -0.3 is 14.4 Å². The normalized spacial score (nSPS) is 12.3. The van der Waals surface area contributed by atoms with E-state index >= 15 is 0 Å². The second kappa shape index (κ2) is 5.48. The molecular weight excluding hydrogens is 268 g/mol.